The molecule has 0 aromatic heterocycles. The summed E-state index contributed by atoms with van der Waals surface area (Å²) in [4.78, 5) is 11.4. The molecule has 0 saturated carbocycles. The van der Waals surface area contributed by atoms with Crippen LogP contribution in [-0.2, 0) is 6.42 Å². The van der Waals surface area contributed by atoms with Crippen molar-refractivity contribution in [2.45, 2.75) is 26.7 Å². The van der Waals surface area contributed by atoms with Gasteiger partial charge < -0.3 is 16.2 Å². The molecule has 0 spiro atoms. The van der Waals surface area contributed by atoms with Crippen LogP contribution in [-0.4, -0.2) is 12.5 Å². The van der Waals surface area contributed by atoms with Gasteiger partial charge in [-0.1, -0.05) is 24.9 Å². The first kappa shape index (κ1) is 13.6. The van der Waals surface area contributed by atoms with Gasteiger partial charge in [0.2, 0.25) is 0 Å². The van der Waals surface area contributed by atoms with E-state index in [0.717, 1.165) is 12.0 Å². The van der Waals surface area contributed by atoms with E-state index in [1.54, 1.807) is 0 Å². The van der Waals surface area contributed by atoms with Crippen LogP contribution >= 0.6 is 11.6 Å². The van der Waals surface area contributed by atoms with Crippen molar-refractivity contribution in [3.63, 3.8) is 0 Å². The molecule has 1 amide bonds. The predicted molar refractivity (Wildman–Crippen MR) is 69.5 cm³/mol. The first-order valence-electron chi connectivity index (χ1n) is 5.56. The zero-order chi connectivity index (χ0) is 13.0. The van der Waals surface area contributed by atoms with Gasteiger partial charge in [0.1, 0.15) is 5.75 Å². The number of anilines is 1. The topological polar surface area (TPSA) is 78.3 Å². The molecule has 0 heterocycles. The highest BCUT2D eigenvalue weighted by Crippen LogP contribution is 2.35. The number of carbonyl (C=O) groups is 1. The fourth-order valence-corrected chi connectivity index (χ4v) is 1.91. The Balaban J connectivity index is 3.45. The summed E-state index contributed by atoms with van der Waals surface area (Å²) in [6, 6.07) is 1.46. The molecule has 0 aliphatic rings. The van der Waals surface area contributed by atoms with Crippen molar-refractivity contribution in [3.8, 4) is 5.75 Å². The van der Waals surface area contributed by atoms with Crippen LogP contribution in [0, 0.1) is 0 Å². The van der Waals surface area contributed by atoms with E-state index >= 15 is 0 Å². The molecule has 1 aromatic rings. The number of nitrogen functional groups attached to an aromatic ring is 1. The van der Waals surface area contributed by atoms with E-state index in [-0.39, 0.29) is 5.56 Å². The Morgan fingerprint density at radius 2 is 2.12 bits per heavy atom. The van der Waals surface area contributed by atoms with Gasteiger partial charge >= 0.3 is 0 Å². The van der Waals surface area contributed by atoms with E-state index < -0.39 is 5.91 Å². The molecule has 0 saturated heterocycles. The number of nitrogens with two attached hydrogens (primary N) is 2. The Morgan fingerprint density at radius 3 is 2.59 bits per heavy atom. The standard InChI is InChI=1S/C12H17ClN2O2/c1-3-5-7-10(14)9(13)6-8(12(15)16)11(7)17-4-2/h6H,3-5,14H2,1-2H3,(H2,15,16). The van der Waals surface area contributed by atoms with E-state index in [1.165, 1.54) is 6.07 Å². The fourth-order valence-electron chi connectivity index (χ4n) is 1.69. The summed E-state index contributed by atoms with van der Waals surface area (Å²) in [7, 11) is 0. The Kier molecular flexibility index (Phi) is 4.63. The number of benzene rings is 1. The van der Waals surface area contributed by atoms with E-state index in [0.29, 0.717) is 29.5 Å². The zero-order valence-electron chi connectivity index (χ0n) is 10.0. The van der Waals surface area contributed by atoms with Crippen LogP contribution < -0.4 is 16.2 Å². The largest absolute Gasteiger partial charge is 0.493 e. The molecule has 1 rings (SSSR count). The van der Waals surface area contributed by atoms with Crippen molar-refractivity contribution >= 4 is 23.2 Å². The third-order valence-electron chi connectivity index (χ3n) is 2.43. The second-order valence-electron chi connectivity index (χ2n) is 3.67. The smallest absolute Gasteiger partial charge is 0.252 e. The summed E-state index contributed by atoms with van der Waals surface area (Å²) in [5, 5.41) is 0.339. The second kappa shape index (κ2) is 5.77. The van der Waals surface area contributed by atoms with Gasteiger partial charge in [0, 0.05) is 5.56 Å². The van der Waals surface area contributed by atoms with Crippen LogP contribution in [0.2, 0.25) is 5.02 Å². The Hall–Kier alpha value is -1.42. The maximum atomic E-state index is 11.4. The van der Waals surface area contributed by atoms with Crippen LogP contribution in [0.25, 0.3) is 0 Å². The summed E-state index contributed by atoms with van der Waals surface area (Å²) in [6.45, 7) is 4.30. The van der Waals surface area contributed by atoms with Gasteiger partial charge in [0.15, 0.2) is 0 Å². The lowest BCUT2D eigenvalue weighted by atomic mass is 10.0. The van der Waals surface area contributed by atoms with E-state index in [9.17, 15) is 4.79 Å². The zero-order valence-corrected chi connectivity index (χ0v) is 10.8. The third kappa shape index (κ3) is 2.82. The number of carbonyl (C=O) groups excluding carboxylic acids is 1. The predicted octanol–water partition coefficient (Wildman–Crippen LogP) is 2.37. The first-order chi connectivity index (χ1) is 8.02. The van der Waals surface area contributed by atoms with Crippen LogP contribution in [0.3, 0.4) is 0 Å². The molecular formula is C12H17ClN2O2. The monoisotopic (exact) mass is 256 g/mol. The van der Waals surface area contributed by atoms with Crippen molar-refractivity contribution < 1.29 is 9.53 Å². The van der Waals surface area contributed by atoms with E-state index in [2.05, 4.69) is 0 Å². The van der Waals surface area contributed by atoms with Crippen molar-refractivity contribution in [2.75, 3.05) is 12.3 Å². The van der Waals surface area contributed by atoms with Gasteiger partial charge in [0.05, 0.1) is 22.9 Å². The minimum absolute atomic E-state index is 0.287. The highest BCUT2D eigenvalue weighted by molar-refractivity contribution is 6.33. The number of ether oxygens (including phenoxy) is 1. The van der Waals surface area contributed by atoms with Gasteiger partial charge in [-0.3, -0.25) is 4.79 Å². The second-order valence-corrected chi connectivity index (χ2v) is 4.08. The molecular weight excluding hydrogens is 240 g/mol. The maximum absolute atomic E-state index is 11.4. The quantitative estimate of drug-likeness (QED) is 0.794. The minimum atomic E-state index is -0.562. The van der Waals surface area contributed by atoms with Gasteiger partial charge in [-0.2, -0.15) is 0 Å². The molecule has 0 bridgehead atoms. The number of halogens is 1. The average molecular weight is 257 g/mol. The molecule has 94 valence electrons. The third-order valence-corrected chi connectivity index (χ3v) is 2.74. The highest BCUT2D eigenvalue weighted by atomic mass is 35.5. The molecule has 1 aromatic carbocycles. The van der Waals surface area contributed by atoms with E-state index in [4.69, 9.17) is 27.8 Å². The molecule has 4 nitrogen and oxygen atoms in total. The lowest BCUT2D eigenvalue weighted by Gasteiger charge is -2.16. The number of rotatable bonds is 5. The normalized spacial score (nSPS) is 10.3. The maximum Gasteiger partial charge on any atom is 0.252 e. The summed E-state index contributed by atoms with van der Waals surface area (Å²) in [5.74, 6) is -0.101. The molecule has 4 N–H and O–H groups in total. The Morgan fingerprint density at radius 1 is 1.47 bits per heavy atom. The number of amides is 1. The van der Waals surface area contributed by atoms with Gasteiger partial charge in [0.25, 0.3) is 5.91 Å². The van der Waals surface area contributed by atoms with Gasteiger partial charge in [-0.25, -0.2) is 0 Å². The Labute approximate surface area is 106 Å². The molecule has 0 fully saturated rings. The summed E-state index contributed by atoms with van der Waals surface area (Å²) in [5.41, 5.74) is 12.7. The molecule has 17 heavy (non-hydrogen) atoms. The van der Waals surface area contributed by atoms with Crippen LogP contribution in [0.15, 0.2) is 6.07 Å². The number of hydrogen-bond donors (Lipinski definition) is 2. The lowest BCUT2D eigenvalue weighted by Crippen LogP contribution is -2.15. The first-order valence-corrected chi connectivity index (χ1v) is 5.94. The van der Waals surface area contributed by atoms with E-state index in [1.807, 2.05) is 13.8 Å². The summed E-state index contributed by atoms with van der Waals surface area (Å²) < 4.78 is 5.48. The van der Waals surface area contributed by atoms with Crippen LogP contribution in [0.1, 0.15) is 36.2 Å². The summed E-state index contributed by atoms with van der Waals surface area (Å²) >= 11 is 5.98. The molecule has 0 radical (unpaired) electrons. The highest BCUT2D eigenvalue weighted by Gasteiger charge is 2.19. The molecule has 5 heteroatoms. The average Bonchev–Trinajstić information content (AvgIpc) is 2.28. The van der Waals surface area contributed by atoms with Crippen molar-refractivity contribution in [3.05, 3.63) is 22.2 Å². The molecule has 0 aliphatic heterocycles. The van der Waals surface area contributed by atoms with Crippen LogP contribution in [0.4, 0.5) is 5.69 Å². The fraction of sp³-hybridized carbons (Fsp3) is 0.417. The SMILES string of the molecule is CCCc1c(N)c(Cl)cc(C(N)=O)c1OCC. The van der Waals surface area contributed by atoms with Gasteiger partial charge in [-0.15, -0.1) is 0 Å². The van der Waals surface area contributed by atoms with Crippen molar-refractivity contribution in [1.29, 1.82) is 0 Å². The van der Waals surface area contributed by atoms with Crippen molar-refractivity contribution in [1.82, 2.24) is 0 Å². The molecule has 0 aliphatic carbocycles. The summed E-state index contributed by atoms with van der Waals surface area (Å²) in [6.07, 6.45) is 1.57. The number of primary amides is 1. The van der Waals surface area contributed by atoms with Gasteiger partial charge in [-0.05, 0) is 19.4 Å². The molecule has 0 unspecified atom stereocenters. The Bertz CT molecular complexity index is 433. The minimum Gasteiger partial charge on any atom is -0.493 e. The van der Waals surface area contributed by atoms with Crippen LogP contribution in [0.5, 0.6) is 5.75 Å². The number of hydrogen-bond acceptors (Lipinski definition) is 3. The van der Waals surface area contributed by atoms with Crippen molar-refractivity contribution in [2.24, 2.45) is 5.73 Å². The lowest BCUT2D eigenvalue weighted by molar-refractivity contribution is 0.0996. The molecule has 0 atom stereocenters.